The van der Waals surface area contributed by atoms with Crippen LogP contribution in [0.4, 0.5) is 10.3 Å². The Morgan fingerprint density at radius 3 is 2.18 bits per heavy atom. The zero-order valence-electron chi connectivity index (χ0n) is 16.2. The van der Waals surface area contributed by atoms with E-state index in [1.54, 1.807) is 11.8 Å². The Labute approximate surface area is 177 Å². The van der Waals surface area contributed by atoms with Crippen LogP contribution in [0.25, 0.3) is 20.4 Å². The van der Waals surface area contributed by atoms with Crippen LogP contribution in [0, 0.1) is 13.8 Å². The van der Waals surface area contributed by atoms with E-state index in [1.807, 2.05) is 22.7 Å². The van der Waals surface area contributed by atoms with Crippen LogP contribution >= 0.6 is 34.4 Å². The molecule has 7 heteroatoms. The Morgan fingerprint density at radius 1 is 0.857 bits per heavy atom. The van der Waals surface area contributed by atoms with Crippen molar-refractivity contribution in [2.75, 3.05) is 42.2 Å². The average molecular weight is 427 g/mol. The van der Waals surface area contributed by atoms with Gasteiger partial charge in [0.2, 0.25) is 0 Å². The van der Waals surface area contributed by atoms with Gasteiger partial charge in [-0.25, -0.2) is 9.97 Å². The van der Waals surface area contributed by atoms with Gasteiger partial charge < -0.3 is 9.80 Å². The fraction of sp³-hybridized carbons (Fsp3) is 0.333. The first-order valence-electron chi connectivity index (χ1n) is 9.43. The molecule has 1 aliphatic rings. The van der Waals surface area contributed by atoms with Crippen LogP contribution < -0.4 is 9.80 Å². The van der Waals surface area contributed by atoms with E-state index in [4.69, 9.17) is 9.97 Å². The number of para-hydroxylation sites is 1. The van der Waals surface area contributed by atoms with E-state index in [9.17, 15) is 0 Å². The number of thiazole rings is 2. The highest BCUT2D eigenvalue weighted by Crippen LogP contribution is 2.36. The second kappa shape index (κ2) is 7.21. The molecule has 0 amide bonds. The number of aromatic nitrogens is 2. The van der Waals surface area contributed by atoms with Crippen LogP contribution in [0.1, 0.15) is 11.1 Å². The molecule has 2 aromatic heterocycles. The molecule has 5 rings (SSSR count). The van der Waals surface area contributed by atoms with Gasteiger partial charge in [-0.3, -0.25) is 0 Å². The lowest BCUT2D eigenvalue weighted by Crippen LogP contribution is -2.46. The summed E-state index contributed by atoms with van der Waals surface area (Å²) in [5, 5.41) is 2.30. The molecule has 0 unspecified atom stereocenters. The van der Waals surface area contributed by atoms with Gasteiger partial charge in [0.25, 0.3) is 0 Å². The Hall–Kier alpha value is -1.83. The summed E-state index contributed by atoms with van der Waals surface area (Å²) in [6.07, 6.45) is 2.12. The van der Waals surface area contributed by atoms with Gasteiger partial charge >= 0.3 is 0 Å². The summed E-state index contributed by atoms with van der Waals surface area (Å²) in [7, 11) is 0. The quantitative estimate of drug-likeness (QED) is 0.400. The molecule has 3 heterocycles. The number of fused-ring (bicyclic) bond motifs is 2. The van der Waals surface area contributed by atoms with Gasteiger partial charge in [0.05, 0.1) is 20.4 Å². The molecular weight excluding hydrogens is 404 g/mol. The number of aryl methyl sites for hydroxylation is 2. The molecule has 1 saturated heterocycles. The first-order chi connectivity index (χ1) is 13.6. The standard InChI is InChI=1S/C21H22N4S3/c1-13-11-14(2)18-17(12-13)28-20(22-18)24-7-9-25(10-8-24)21-23-19-15(26-3)5-4-6-16(19)27-21/h4-6,11-12H,7-10H2,1-3H3. The summed E-state index contributed by atoms with van der Waals surface area (Å²) in [6, 6.07) is 10.9. The Kier molecular flexibility index (Phi) is 4.69. The molecule has 1 fully saturated rings. The maximum Gasteiger partial charge on any atom is 0.186 e. The zero-order chi connectivity index (χ0) is 19.3. The maximum atomic E-state index is 4.95. The lowest BCUT2D eigenvalue weighted by atomic mass is 10.1. The Balaban J connectivity index is 1.36. The van der Waals surface area contributed by atoms with E-state index in [0.717, 1.165) is 47.5 Å². The third-order valence-corrected chi connectivity index (χ3v) is 8.14. The van der Waals surface area contributed by atoms with Crippen LogP contribution in [-0.4, -0.2) is 42.4 Å². The lowest BCUT2D eigenvalue weighted by molar-refractivity contribution is 0.651. The summed E-state index contributed by atoms with van der Waals surface area (Å²) in [4.78, 5) is 16.0. The number of hydrogen-bond donors (Lipinski definition) is 0. The van der Waals surface area contributed by atoms with Gasteiger partial charge in [0.1, 0.15) is 0 Å². The first-order valence-corrected chi connectivity index (χ1v) is 12.3. The highest BCUT2D eigenvalue weighted by molar-refractivity contribution is 7.98. The second-order valence-corrected chi connectivity index (χ2v) is 10.1. The highest BCUT2D eigenvalue weighted by Gasteiger charge is 2.23. The van der Waals surface area contributed by atoms with E-state index in [-0.39, 0.29) is 0 Å². The molecule has 2 aromatic carbocycles. The first kappa shape index (κ1) is 18.2. The molecule has 144 valence electrons. The van der Waals surface area contributed by atoms with Gasteiger partial charge in [0.15, 0.2) is 10.3 Å². The minimum atomic E-state index is 0.988. The summed E-state index contributed by atoms with van der Waals surface area (Å²) in [5.74, 6) is 0. The van der Waals surface area contributed by atoms with Crippen LogP contribution in [-0.2, 0) is 0 Å². The fourth-order valence-corrected chi connectivity index (χ4v) is 6.66. The molecule has 4 nitrogen and oxygen atoms in total. The minimum Gasteiger partial charge on any atom is -0.345 e. The number of nitrogens with zero attached hydrogens (tertiary/aromatic N) is 4. The molecule has 1 aliphatic heterocycles. The summed E-state index contributed by atoms with van der Waals surface area (Å²) in [6.45, 7) is 8.27. The molecule has 0 N–H and O–H groups in total. The van der Waals surface area contributed by atoms with Crippen molar-refractivity contribution in [1.29, 1.82) is 0 Å². The lowest BCUT2D eigenvalue weighted by Gasteiger charge is -2.34. The van der Waals surface area contributed by atoms with Crippen molar-refractivity contribution in [2.45, 2.75) is 18.7 Å². The normalized spacial score (nSPS) is 15.1. The number of anilines is 2. The predicted octanol–water partition coefficient (Wildman–Crippen LogP) is 5.57. The Bertz CT molecular complexity index is 1160. The van der Waals surface area contributed by atoms with Gasteiger partial charge in [-0.1, -0.05) is 34.8 Å². The van der Waals surface area contributed by atoms with E-state index >= 15 is 0 Å². The molecule has 0 atom stereocenters. The van der Waals surface area contributed by atoms with Crippen LogP contribution in [0.5, 0.6) is 0 Å². The maximum absolute atomic E-state index is 4.95. The van der Waals surface area contributed by atoms with Crippen molar-refractivity contribution in [3.05, 3.63) is 41.5 Å². The van der Waals surface area contributed by atoms with Crippen molar-refractivity contribution in [3.63, 3.8) is 0 Å². The molecular formula is C21H22N4S3. The summed E-state index contributed by atoms with van der Waals surface area (Å²) in [5.41, 5.74) is 4.89. The number of benzene rings is 2. The van der Waals surface area contributed by atoms with E-state index in [1.165, 1.54) is 25.4 Å². The van der Waals surface area contributed by atoms with E-state index < -0.39 is 0 Å². The number of thioether (sulfide) groups is 1. The fourth-order valence-electron chi connectivity index (χ4n) is 3.79. The molecule has 0 bridgehead atoms. The zero-order valence-corrected chi connectivity index (χ0v) is 18.7. The largest absolute Gasteiger partial charge is 0.345 e. The SMILES string of the molecule is CSc1cccc2sc(N3CCN(c4nc5c(C)cc(C)cc5s4)CC3)nc12. The van der Waals surface area contributed by atoms with Crippen molar-refractivity contribution < 1.29 is 0 Å². The average Bonchev–Trinajstić information content (AvgIpc) is 3.32. The predicted molar refractivity (Wildman–Crippen MR) is 125 cm³/mol. The topological polar surface area (TPSA) is 32.3 Å². The van der Waals surface area contributed by atoms with Gasteiger partial charge in [0, 0.05) is 31.1 Å². The molecule has 28 heavy (non-hydrogen) atoms. The van der Waals surface area contributed by atoms with Crippen LogP contribution in [0.15, 0.2) is 35.2 Å². The van der Waals surface area contributed by atoms with Crippen molar-refractivity contribution >= 4 is 65.1 Å². The Morgan fingerprint density at radius 2 is 1.50 bits per heavy atom. The van der Waals surface area contributed by atoms with Gasteiger partial charge in [-0.15, -0.1) is 11.8 Å². The molecule has 0 aliphatic carbocycles. The number of hydrogen-bond acceptors (Lipinski definition) is 7. The van der Waals surface area contributed by atoms with Gasteiger partial charge in [-0.2, -0.15) is 0 Å². The van der Waals surface area contributed by atoms with Gasteiger partial charge in [-0.05, 0) is 49.4 Å². The molecule has 0 radical (unpaired) electrons. The number of rotatable bonds is 3. The van der Waals surface area contributed by atoms with Crippen molar-refractivity contribution in [3.8, 4) is 0 Å². The van der Waals surface area contributed by atoms with Crippen LogP contribution in [0.3, 0.4) is 0 Å². The van der Waals surface area contributed by atoms with Crippen molar-refractivity contribution in [1.82, 2.24) is 9.97 Å². The van der Waals surface area contributed by atoms with E-state index in [2.05, 4.69) is 60.2 Å². The second-order valence-electron chi connectivity index (χ2n) is 7.20. The number of piperazine rings is 1. The van der Waals surface area contributed by atoms with Crippen molar-refractivity contribution in [2.24, 2.45) is 0 Å². The highest BCUT2D eigenvalue weighted by atomic mass is 32.2. The molecule has 0 spiro atoms. The van der Waals surface area contributed by atoms with E-state index in [0.29, 0.717) is 0 Å². The van der Waals surface area contributed by atoms with Crippen LogP contribution in [0.2, 0.25) is 0 Å². The minimum absolute atomic E-state index is 0.988. The molecule has 0 saturated carbocycles. The smallest absolute Gasteiger partial charge is 0.186 e. The monoisotopic (exact) mass is 426 g/mol. The third-order valence-electron chi connectivity index (χ3n) is 5.23. The summed E-state index contributed by atoms with van der Waals surface area (Å²) < 4.78 is 2.58. The molecule has 4 aromatic rings. The third kappa shape index (κ3) is 3.15. The summed E-state index contributed by atoms with van der Waals surface area (Å²) >= 11 is 5.40.